The maximum absolute atomic E-state index is 10.0. The lowest BCUT2D eigenvalue weighted by Gasteiger charge is -2.22. The van der Waals surface area contributed by atoms with Gasteiger partial charge in [0.25, 0.3) is 0 Å². The zero-order valence-electron chi connectivity index (χ0n) is 12.9. The molecule has 1 N–H and O–H groups in total. The van der Waals surface area contributed by atoms with Crippen molar-refractivity contribution in [1.29, 1.82) is 0 Å². The van der Waals surface area contributed by atoms with Gasteiger partial charge in [0.1, 0.15) is 5.75 Å². The van der Waals surface area contributed by atoms with Gasteiger partial charge >= 0.3 is 0 Å². The number of phenols is 1. The normalized spacial score (nSPS) is 19.2. The topological polar surface area (TPSA) is 49.5 Å². The van der Waals surface area contributed by atoms with Gasteiger partial charge in [0, 0.05) is 22.6 Å². The van der Waals surface area contributed by atoms with E-state index in [1.54, 1.807) is 6.07 Å². The molecule has 1 aromatic heterocycles. The molecule has 1 aliphatic rings. The minimum absolute atomic E-state index is 0.249. The molecule has 2 heterocycles. The summed E-state index contributed by atoms with van der Waals surface area (Å²) in [5.74, 6) is 1.66. The van der Waals surface area contributed by atoms with Crippen LogP contribution in [-0.4, -0.2) is 21.7 Å². The Labute approximate surface area is 139 Å². The Morgan fingerprint density at radius 2 is 2.23 bits per heavy atom. The van der Waals surface area contributed by atoms with Crippen molar-refractivity contribution in [3.8, 4) is 5.75 Å². The molecule has 5 heteroatoms. The highest BCUT2D eigenvalue weighted by Crippen LogP contribution is 2.35. The van der Waals surface area contributed by atoms with E-state index in [0.717, 1.165) is 40.9 Å². The summed E-state index contributed by atoms with van der Waals surface area (Å²) in [6.45, 7) is 5.96. The van der Waals surface area contributed by atoms with Gasteiger partial charge in [-0.15, -0.1) is 0 Å². The van der Waals surface area contributed by atoms with Crippen LogP contribution in [0.3, 0.4) is 0 Å². The first kappa shape index (κ1) is 15.6. The van der Waals surface area contributed by atoms with Crippen molar-refractivity contribution in [3.63, 3.8) is 0 Å². The average molecular weight is 365 g/mol. The van der Waals surface area contributed by atoms with Crippen molar-refractivity contribution in [2.75, 3.05) is 6.54 Å². The van der Waals surface area contributed by atoms with Crippen LogP contribution < -0.4 is 0 Å². The highest BCUT2D eigenvalue weighted by atomic mass is 79.9. The molecule has 0 aliphatic carbocycles. The van der Waals surface area contributed by atoms with Crippen molar-refractivity contribution in [1.82, 2.24) is 10.1 Å². The minimum Gasteiger partial charge on any atom is -0.508 e. The van der Waals surface area contributed by atoms with Gasteiger partial charge in [0.15, 0.2) is 5.76 Å². The first-order valence-electron chi connectivity index (χ1n) is 7.72. The molecule has 0 bridgehead atoms. The predicted molar refractivity (Wildman–Crippen MR) is 88.8 cm³/mol. The quantitative estimate of drug-likeness (QED) is 0.860. The minimum atomic E-state index is 0.249. The van der Waals surface area contributed by atoms with Crippen LogP contribution in [0.2, 0.25) is 0 Å². The van der Waals surface area contributed by atoms with Crippen LogP contribution in [0.15, 0.2) is 33.3 Å². The number of aromatic hydroxyl groups is 1. The molecule has 1 saturated heterocycles. The lowest BCUT2D eigenvalue weighted by molar-refractivity contribution is 0.204. The van der Waals surface area contributed by atoms with Crippen LogP contribution in [0.4, 0.5) is 0 Å². The zero-order valence-corrected chi connectivity index (χ0v) is 14.5. The Morgan fingerprint density at radius 1 is 1.41 bits per heavy atom. The van der Waals surface area contributed by atoms with Gasteiger partial charge in [0.05, 0.1) is 11.7 Å². The summed E-state index contributed by atoms with van der Waals surface area (Å²) < 4.78 is 6.55. The Bertz CT molecular complexity index is 654. The number of nitrogens with zero attached hydrogens (tertiary/aromatic N) is 2. The van der Waals surface area contributed by atoms with Gasteiger partial charge in [-0.3, -0.25) is 4.90 Å². The lowest BCUT2D eigenvalue weighted by Crippen LogP contribution is -2.22. The van der Waals surface area contributed by atoms with E-state index in [1.165, 1.54) is 0 Å². The zero-order chi connectivity index (χ0) is 15.7. The Morgan fingerprint density at radius 3 is 2.95 bits per heavy atom. The molecular weight excluding hydrogens is 344 g/mol. The van der Waals surface area contributed by atoms with Crippen molar-refractivity contribution >= 4 is 15.9 Å². The maximum Gasteiger partial charge on any atom is 0.154 e. The number of phenolic OH excluding ortho intramolecular Hbond substituents is 1. The van der Waals surface area contributed by atoms with Crippen LogP contribution in [0.1, 0.15) is 55.7 Å². The number of hydrogen-bond donors (Lipinski definition) is 1. The number of benzene rings is 1. The molecule has 0 unspecified atom stereocenters. The van der Waals surface area contributed by atoms with Crippen LogP contribution >= 0.6 is 15.9 Å². The Balaban J connectivity index is 1.79. The van der Waals surface area contributed by atoms with E-state index in [9.17, 15) is 5.11 Å². The second kappa shape index (κ2) is 6.42. The smallest absolute Gasteiger partial charge is 0.154 e. The number of halogens is 1. The Kier molecular flexibility index (Phi) is 4.54. The molecule has 3 rings (SSSR count). The first-order chi connectivity index (χ1) is 10.5. The summed E-state index contributed by atoms with van der Waals surface area (Å²) in [5.41, 5.74) is 1.94. The van der Waals surface area contributed by atoms with Gasteiger partial charge in [-0.25, -0.2) is 0 Å². The molecule has 0 amide bonds. The molecule has 1 aliphatic heterocycles. The molecule has 0 spiro atoms. The third kappa shape index (κ3) is 3.20. The highest BCUT2D eigenvalue weighted by Gasteiger charge is 2.30. The standard InChI is InChI=1S/C17H21BrN2O2/c1-11(2)14-9-17(22-19-14)15-4-3-7-20(15)10-12-8-13(18)5-6-16(12)21/h5-6,8-9,11,15,21H,3-4,7,10H2,1-2H3/t15-/m1/s1. The summed E-state index contributed by atoms with van der Waals surface area (Å²) in [6, 6.07) is 7.89. The van der Waals surface area contributed by atoms with Crippen LogP contribution in [0.5, 0.6) is 5.75 Å². The van der Waals surface area contributed by atoms with Crippen molar-refractivity contribution < 1.29 is 9.63 Å². The molecule has 1 fully saturated rings. The van der Waals surface area contributed by atoms with Gasteiger partial charge < -0.3 is 9.63 Å². The van der Waals surface area contributed by atoms with Gasteiger partial charge in [-0.2, -0.15) is 0 Å². The summed E-state index contributed by atoms with van der Waals surface area (Å²) in [4.78, 5) is 2.35. The summed E-state index contributed by atoms with van der Waals surface area (Å²) in [5, 5.41) is 14.2. The number of aromatic nitrogens is 1. The fraction of sp³-hybridized carbons (Fsp3) is 0.471. The highest BCUT2D eigenvalue weighted by molar-refractivity contribution is 9.10. The van der Waals surface area contributed by atoms with Crippen LogP contribution in [0.25, 0.3) is 0 Å². The summed E-state index contributed by atoms with van der Waals surface area (Å²) in [7, 11) is 0. The number of likely N-dealkylation sites (tertiary alicyclic amines) is 1. The van der Waals surface area contributed by atoms with E-state index in [4.69, 9.17) is 4.52 Å². The van der Waals surface area contributed by atoms with Crippen LogP contribution in [-0.2, 0) is 6.54 Å². The van der Waals surface area contributed by atoms with Gasteiger partial charge in [-0.1, -0.05) is 34.9 Å². The SMILES string of the molecule is CC(C)c1cc([C@H]2CCCN2Cc2cc(Br)ccc2O)on1. The fourth-order valence-electron chi connectivity index (χ4n) is 2.97. The monoisotopic (exact) mass is 364 g/mol. The molecule has 4 nitrogen and oxygen atoms in total. The molecule has 22 heavy (non-hydrogen) atoms. The second-order valence-corrected chi connectivity index (χ2v) is 7.13. The first-order valence-corrected chi connectivity index (χ1v) is 8.52. The molecule has 0 saturated carbocycles. The number of hydrogen-bond acceptors (Lipinski definition) is 4. The van der Waals surface area contributed by atoms with Crippen LogP contribution in [0, 0.1) is 0 Å². The molecule has 0 radical (unpaired) electrons. The largest absolute Gasteiger partial charge is 0.508 e. The molecule has 1 atom stereocenters. The Hall–Kier alpha value is -1.33. The summed E-state index contributed by atoms with van der Waals surface area (Å²) in [6.07, 6.45) is 2.21. The fourth-order valence-corrected chi connectivity index (χ4v) is 3.38. The van der Waals surface area contributed by atoms with E-state index in [0.29, 0.717) is 18.2 Å². The molecule has 118 valence electrons. The lowest BCUT2D eigenvalue weighted by atomic mass is 10.1. The molecular formula is C17H21BrN2O2. The third-order valence-electron chi connectivity index (χ3n) is 4.25. The van der Waals surface area contributed by atoms with E-state index in [1.807, 2.05) is 12.1 Å². The summed E-state index contributed by atoms with van der Waals surface area (Å²) >= 11 is 3.47. The van der Waals surface area contributed by atoms with Gasteiger partial charge in [-0.05, 0) is 43.5 Å². The predicted octanol–water partition coefficient (Wildman–Crippen LogP) is 4.60. The second-order valence-electron chi connectivity index (χ2n) is 6.21. The van der Waals surface area contributed by atoms with Crippen molar-refractivity contribution in [2.24, 2.45) is 0 Å². The van der Waals surface area contributed by atoms with Gasteiger partial charge in [0.2, 0.25) is 0 Å². The molecule has 1 aromatic carbocycles. The van der Waals surface area contributed by atoms with E-state index >= 15 is 0 Å². The van der Waals surface area contributed by atoms with E-state index < -0.39 is 0 Å². The third-order valence-corrected chi connectivity index (χ3v) is 4.74. The average Bonchev–Trinajstić information content (AvgIpc) is 3.11. The number of rotatable bonds is 4. The van der Waals surface area contributed by atoms with E-state index in [-0.39, 0.29) is 6.04 Å². The van der Waals surface area contributed by atoms with Crippen molar-refractivity contribution in [2.45, 2.75) is 45.2 Å². The van der Waals surface area contributed by atoms with E-state index in [2.05, 4.69) is 45.9 Å². The van der Waals surface area contributed by atoms with Crippen molar-refractivity contribution in [3.05, 3.63) is 45.8 Å². The maximum atomic E-state index is 10.0. The molecule has 2 aromatic rings.